The van der Waals surface area contributed by atoms with Gasteiger partial charge in [0.1, 0.15) is 5.65 Å². The maximum Gasteiger partial charge on any atom is 0.332 e. The number of hydrogen-bond acceptors (Lipinski definition) is 3. The summed E-state index contributed by atoms with van der Waals surface area (Å²) in [5.41, 5.74) is 0.673. The Labute approximate surface area is 98.3 Å². The molecule has 2 aromatic rings. The van der Waals surface area contributed by atoms with Crippen molar-refractivity contribution >= 4 is 11.0 Å². The molecule has 0 fully saturated rings. The van der Waals surface area contributed by atoms with Crippen LogP contribution in [0.5, 0.6) is 0 Å². The molecule has 0 aromatic carbocycles. The van der Waals surface area contributed by atoms with Gasteiger partial charge >= 0.3 is 5.69 Å². The van der Waals surface area contributed by atoms with Gasteiger partial charge in [-0.3, -0.25) is 13.9 Å². The van der Waals surface area contributed by atoms with Crippen LogP contribution in [0.4, 0.5) is 0 Å². The molecule has 0 saturated heterocycles. The van der Waals surface area contributed by atoms with Crippen molar-refractivity contribution in [2.24, 2.45) is 14.1 Å². The maximum atomic E-state index is 11.9. The second-order valence-electron chi connectivity index (χ2n) is 4.47. The normalized spacial score (nSPS) is 11.4. The zero-order valence-corrected chi connectivity index (χ0v) is 10.4. The molecule has 0 aliphatic heterocycles. The number of hydrogen-bond donors (Lipinski definition) is 0. The SMILES string of the molecule is CC(C)c1ccc2c(=O)n(C)c(=O)n(C)c2n1. The maximum absolute atomic E-state index is 11.9. The van der Waals surface area contributed by atoms with Crippen molar-refractivity contribution in [3.8, 4) is 0 Å². The predicted octanol–water partition coefficient (Wildman–Crippen LogP) is 0.756. The van der Waals surface area contributed by atoms with E-state index in [1.807, 2.05) is 19.9 Å². The lowest BCUT2D eigenvalue weighted by Crippen LogP contribution is -2.37. The quantitative estimate of drug-likeness (QED) is 0.730. The minimum Gasteiger partial charge on any atom is -0.280 e. The number of pyridine rings is 1. The Bertz CT molecular complexity index is 695. The van der Waals surface area contributed by atoms with Gasteiger partial charge in [-0.15, -0.1) is 0 Å². The summed E-state index contributed by atoms with van der Waals surface area (Å²) in [5, 5.41) is 0.471. The molecule has 0 saturated carbocycles. The summed E-state index contributed by atoms with van der Waals surface area (Å²) >= 11 is 0. The molecule has 0 N–H and O–H groups in total. The van der Waals surface area contributed by atoms with Gasteiger partial charge in [0, 0.05) is 19.8 Å². The zero-order valence-electron chi connectivity index (χ0n) is 10.4. The Balaban J connectivity index is 2.97. The first kappa shape index (κ1) is 11.6. The van der Waals surface area contributed by atoms with E-state index >= 15 is 0 Å². The minimum atomic E-state index is -0.351. The van der Waals surface area contributed by atoms with Crippen LogP contribution in [0.3, 0.4) is 0 Å². The third-order valence-corrected chi connectivity index (χ3v) is 2.91. The molecule has 5 nitrogen and oxygen atoms in total. The fourth-order valence-electron chi connectivity index (χ4n) is 1.79. The molecule has 0 bridgehead atoms. The van der Waals surface area contributed by atoms with Crippen LogP contribution in [0, 0.1) is 0 Å². The third-order valence-electron chi connectivity index (χ3n) is 2.91. The van der Waals surface area contributed by atoms with Crippen molar-refractivity contribution in [3.63, 3.8) is 0 Å². The number of nitrogens with zero attached hydrogens (tertiary/aromatic N) is 3. The van der Waals surface area contributed by atoms with Crippen LogP contribution >= 0.6 is 0 Å². The molecule has 0 atom stereocenters. The van der Waals surface area contributed by atoms with Crippen molar-refractivity contribution in [1.82, 2.24) is 14.1 Å². The van der Waals surface area contributed by atoms with Crippen LogP contribution < -0.4 is 11.2 Å². The molecule has 0 amide bonds. The third kappa shape index (κ3) is 1.67. The van der Waals surface area contributed by atoms with Crippen LogP contribution in [0.25, 0.3) is 11.0 Å². The largest absolute Gasteiger partial charge is 0.332 e. The van der Waals surface area contributed by atoms with Crippen LogP contribution in [-0.4, -0.2) is 14.1 Å². The van der Waals surface area contributed by atoms with Crippen molar-refractivity contribution in [2.75, 3.05) is 0 Å². The number of rotatable bonds is 1. The molecule has 0 aliphatic rings. The second-order valence-corrected chi connectivity index (χ2v) is 4.47. The fourth-order valence-corrected chi connectivity index (χ4v) is 1.79. The highest BCUT2D eigenvalue weighted by atomic mass is 16.2. The van der Waals surface area contributed by atoms with Gasteiger partial charge in [-0.05, 0) is 18.1 Å². The van der Waals surface area contributed by atoms with E-state index in [4.69, 9.17) is 0 Å². The minimum absolute atomic E-state index is 0.263. The lowest BCUT2D eigenvalue weighted by atomic mass is 10.1. The van der Waals surface area contributed by atoms with Gasteiger partial charge in [0.05, 0.1) is 5.39 Å². The molecule has 2 heterocycles. The average molecular weight is 233 g/mol. The zero-order chi connectivity index (χ0) is 12.7. The van der Waals surface area contributed by atoms with Gasteiger partial charge < -0.3 is 0 Å². The van der Waals surface area contributed by atoms with Crippen LogP contribution in [0.1, 0.15) is 25.5 Å². The molecule has 0 spiro atoms. The van der Waals surface area contributed by atoms with Gasteiger partial charge in [-0.1, -0.05) is 13.8 Å². The monoisotopic (exact) mass is 233 g/mol. The number of aryl methyl sites for hydroxylation is 1. The molecular formula is C12H15N3O2. The van der Waals surface area contributed by atoms with Gasteiger partial charge in [-0.25, -0.2) is 9.78 Å². The molecule has 0 unspecified atom stereocenters. The van der Waals surface area contributed by atoms with Gasteiger partial charge in [0.25, 0.3) is 5.56 Å². The predicted molar refractivity (Wildman–Crippen MR) is 66.3 cm³/mol. The molecule has 90 valence electrons. The Hall–Kier alpha value is -1.91. The highest BCUT2D eigenvalue weighted by Crippen LogP contribution is 2.14. The average Bonchev–Trinajstić information content (AvgIpc) is 2.32. The Morgan fingerprint density at radius 2 is 1.76 bits per heavy atom. The summed E-state index contributed by atoms with van der Waals surface area (Å²) in [4.78, 5) is 28.0. The van der Waals surface area contributed by atoms with E-state index in [2.05, 4.69) is 4.98 Å². The van der Waals surface area contributed by atoms with Crippen molar-refractivity contribution in [1.29, 1.82) is 0 Å². The van der Waals surface area contributed by atoms with E-state index in [1.54, 1.807) is 13.1 Å². The van der Waals surface area contributed by atoms with Crippen molar-refractivity contribution < 1.29 is 0 Å². The fraction of sp³-hybridized carbons (Fsp3) is 0.417. The first-order valence-electron chi connectivity index (χ1n) is 5.50. The van der Waals surface area contributed by atoms with E-state index < -0.39 is 0 Å². The van der Waals surface area contributed by atoms with E-state index in [1.165, 1.54) is 11.6 Å². The molecule has 0 radical (unpaired) electrons. The summed E-state index contributed by atoms with van der Waals surface area (Å²) in [6, 6.07) is 3.57. The highest BCUT2D eigenvalue weighted by Gasteiger charge is 2.11. The topological polar surface area (TPSA) is 56.9 Å². The van der Waals surface area contributed by atoms with Gasteiger partial charge in [-0.2, -0.15) is 0 Å². The second kappa shape index (κ2) is 3.84. The van der Waals surface area contributed by atoms with E-state index in [0.29, 0.717) is 11.0 Å². The number of aromatic nitrogens is 3. The Morgan fingerprint density at radius 3 is 2.35 bits per heavy atom. The van der Waals surface area contributed by atoms with Crippen LogP contribution in [-0.2, 0) is 14.1 Å². The lowest BCUT2D eigenvalue weighted by Gasteiger charge is -2.09. The van der Waals surface area contributed by atoms with E-state index in [0.717, 1.165) is 10.3 Å². The molecule has 5 heteroatoms. The summed E-state index contributed by atoms with van der Waals surface area (Å²) in [7, 11) is 3.10. The summed E-state index contributed by atoms with van der Waals surface area (Å²) in [6.45, 7) is 4.04. The number of fused-ring (bicyclic) bond motifs is 1. The molecular weight excluding hydrogens is 218 g/mol. The van der Waals surface area contributed by atoms with Crippen LogP contribution in [0.15, 0.2) is 21.7 Å². The van der Waals surface area contributed by atoms with E-state index in [9.17, 15) is 9.59 Å². The van der Waals surface area contributed by atoms with Crippen molar-refractivity contribution in [3.05, 3.63) is 38.7 Å². The summed E-state index contributed by atoms with van der Waals surface area (Å²) in [5.74, 6) is 0.263. The summed E-state index contributed by atoms with van der Waals surface area (Å²) < 4.78 is 2.50. The van der Waals surface area contributed by atoms with E-state index in [-0.39, 0.29) is 17.2 Å². The Morgan fingerprint density at radius 1 is 1.12 bits per heavy atom. The molecule has 2 aromatic heterocycles. The molecule has 0 aliphatic carbocycles. The highest BCUT2D eigenvalue weighted by molar-refractivity contribution is 5.73. The van der Waals surface area contributed by atoms with Crippen LogP contribution in [0.2, 0.25) is 0 Å². The van der Waals surface area contributed by atoms with Crippen molar-refractivity contribution in [2.45, 2.75) is 19.8 Å². The lowest BCUT2D eigenvalue weighted by molar-refractivity contribution is 0.703. The molecule has 17 heavy (non-hydrogen) atoms. The first-order chi connectivity index (χ1) is 7.93. The smallest absolute Gasteiger partial charge is 0.280 e. The summed E-state index contributed by atoms with van der Waals surface area (Å²) in [6.07, 6.45) is 0. The first-order valence-corrected chi connectivity index (χ1v) is 5.50. The Kier molecular flexibility index (Phi) is 2.61. The standard InChI is InChI=1S/C12H15N3O2/c1-7(2)9-6-5-8-10(13-9)14(3)12(17)15(4)11(8)16/h5-7H,1-4H3. The van der Waals surface area contributed by atoms with Gasteiger partial charge in [0.15, 0.2) is 0 Å². The van der Waals surface area contributed by atoms with Gasteiger partial charge in [0.2, 0.25) is 0 Å². The molecule has 2 rings (SSSR count).